The van der Waals surface area contributed by atoms with Gasteiger partial charge in [-0.3, -0.25) is 0 Å². The van der Waals surface area contributed by atoms with Gasteiger partial charge >= 0.3 is 0 Å². The Labute approximate surface area is 93.8 Å². The highest BCUT2D eigenvalue weighted by molar-refractivity contribution is 7.11. The molecule has 0 atom stereocenters. The normalized spacial score (nSPS) is 20.4. The van der Waals surface area contributed by atoms with E-state index in [9.17, 15) is 0 Å². The van der Waals surface area contributed by atoms with Crippen LogP contribution in [-0.2, 0) is 16.6 Å². The molecule has 0 saturated carbocycles. The Hall–Kier alpha value is -0.520. The first-order valence-corrected chi connectivity index (χ1v) is 6.17. The number of ether oxygens (including phenoxy) is 1. The Balaban J connectivity index is 2.12. The van der Waals surface area contributed by atoms with Crippen LogP contribution in [0.5, 0.6) is 0 Å². The van der Waals surface area contributed by atoms with Crippen LogP contribution in [0.2, 0.25) is 0 Å². The molecule has 15 heavy (non-hydrogen) atoms. The molecule has 1 aliphatic rings. The fourth-order valence-corrected chi connectivity index (χ4v) is 2.81. The van der Waals surface area contributed by atoms with Gasteiger partial charge in [0.15, 0.2) is 0 Å². The van der Waals surface area contributed by atoms with Crippen molar-refractivity contribution in [3.63, 3.8) is 0 Å². The maximum Gasteiger partial charge on any atom is 0.123 e. The molecule has 0 bridgehead atoms. The van der Waals surface area contributed by atoms with Crippen LogP contribution in [0.3, 0.4) is 0 Å². The highest BCUT2D eigenvalue weighted by Gasteiger charge is 2.32. The molecule has 84 valence electrons. The van der Waals surface area contributed by atoms with Crippen LogP contribution >= 0.6 is 11.3 Å². The summed E-state index contributed by atoms with van der Waals surface area (Å²) in [4.78, 5) is 0. The van der Waals surface area contributed by atoms with Crippen molar-refractivity contribution in [2.75, 3.05) is 19.8 Å². The number of hydrogen-bond donors (Lipinski definition) is 1. The highest BCUT2D eigenvalue weighted by Crippen LogP contribution is 2.35. The SMILES string of the molecule is CC1(c2nnc(CCN)s2)CCOCC1. The van der Waals surface area contributed by atoms with Gasteiger partial charge in [0.1, 0.15) is 10.0 Å². The molecule has 4 nitrogen and oxygen atoms in total. The summed E-state index contributed by atoms with van der Waals surface area (Å²) in [6.45, 7) is 4.57. The summed E-state index contributed by atoms with van der Waals surface area (Å²) in [7, 11) is 0. The number of hydrogen-bond acceptors (Lipinski definition) is 5. The minimum absolute atomic E-state index is 0.169. The molecule has 1 aromatic heterocycles. The standard InChI is InChI=1S/C10H17N3OS/c1-10(3-6-14-7-4-10)9-13-12-8(15-9)2-5-11/h2-7,11H2,1H3. The van der Waals surface area contributed by atoms with Crippen molar-refractivity contribution in [3.8, 4) is 0 Å². The number of rotatable bonds is 3. The minimum Gasteiger partial charge on any atom is -0.381 e. The molecule has 0 unspecified atom stereocenters. The zero-order chi connectivity index (χ0) is 10.7. The summed E-state index contributed by atoms with van der Waals surface area (Å²) in [6, 6.07) is 0. The van der Waals surface area contributed by atoms with Crippen LogP contribution in [0.15, 0.2) is 0 Å². The lowest BCUT2D eigenvalue weighted by Crippen LogP contribution is -2.30. The van der Waals surface area contributed by atoms with Gasteiger partial charge in [-0.05, 0) is 19.4 Å². The maximum absolute atomic E-state index is 5.50. The molecular formula is C10H17N3OS. The molecule has 0 spiro atoms. The van der Waals surface area contributed by atoms with E-state index >= 15 is 0 Å². The first-order valence-electron chi connectivity index (χ1n) is 5.35. The van der Waals surface area contributed by atoms with E-state index in [4.69, 9.17) is 10.5 Å². The third-order valence-corrected chi connectivity index (χ3v) is 4.23. The van der Waals surface area contributed by atoms with E-state index in [2.05, 4.69) is 17.1 Å². The van der Waals surface area contributed by atoms with Gasteiger partial charge in [-0.2, -0.15) is 0 Å². The molecule has 0 amide bonds. The van der Waals surface area contributed by atoms with Gasteiger partial charge in [-0.25, -0.2) is 0 Å². The molecule has 1 aliphatic heterocycles. The number of nitrogens with two attached hydrogens (primary N) is 1. The van der Waals surface area contributed by atoms with E-state index in [1.54, 1.807) is 11.3 Å². The Morgan fingerprint density at radius 1 is 1.40 bits per heavy atom. The first-order chi connectivity index (χ1) is 7.24. The predicted octanol–water partition coefficient (Wildman–Crippen LogP) is 1.11. The maximum atomic E-state index is 5.50. The second-order valence-corrected chi connectivity index (χ2v) is 5.27. The summed E-state index contributed by atoms with van der Waals surface area (Å²) in [5, 5.41) is 10.7. The van der Waals surface area contributed by atoms with Gasteiger partial charge in [0.25, 0.3) is 0 Å². The molecule has 2 heterocycles. The molecular weight excluding hydrogens is 210 g/mol. The Bertz CT molecular complexity index is 320. The van der Waals surface area contributed by atoms with Crippen LogP contribution in [0.4, 0.5) is 0 Å². The smallest absolute Gasteiger partial charge is 0.123 e. The summed E-state index contributed by atoms with van der Waals surface area (Å²) >= 11 is 1.71. The highest BCUT2D eigenvalue weighted by atomic mass is 32.1. The minimum atomic E-state index is 0.169. The van der Waals surface area contributed by atoms with Gasteiger partial charge in [0, 0.05) is 25.0 Å². The lowest BCUT2D eigenvalue weighted by molar-refractivity contribution is 0.0561. The van der Waals surface area contributed by atoms with Crippen LogP contribution < -0.4 is 5.73 Å². The Morgan fingerprint density at radius 2 is 2.13 bits per heavy atom. The first kappa shape index (κ1) is 11.0. The monoisotopic (exact) mass is 227 g/mol. The van der Waals surface area contributed by atoms with Gasteiger partial charge in [0.2, 0.25) is 0 Å². The largest absolute Gasteiger partial charge is 0.381 e. The van der Waals surface area contributed by atoms with Crippen molar-refractivity contribution in [1.29, 1.82) is 0 Å². The Morgan fingerprint density at radius 3 is 2.80 bits per heavy atom. The fourth-order valence-electron chi connectivity index (χ4n) is 1.76. The quantitative estimate of drug-likeness (QED) is 0.840. The summed E-state index contributed by atoms with van der Waals surface area (Å²) in [5.74, 6) is 0. The molecule has 0 aromatic carbocycles. The second kappa shape index (κ2) is 4.55. The second-order valence-electron chi connectivity index (χ2n) is 4.21. The van der Waals surface area contributed by atoms with Crippen LogP contribution in [-0.4, -0.2) is 30.0 Å². The zero-order valence-corrected chi connectivity index (χ0v) is 9.85. The number of aromatic nitrogens is 2. The average Bonchev–Trinajstić information content (AvgIpc) is 2.69. The van der Waals surface area contributed by atoms with E-state index in [0.29, 0.717) is 6.54 Å². The van der Waals surface area contributed by atoms with Crippen molar-refractivity contribution in [1.82, 2.24) is 10.2 Å². The topological polar surface area (TPSA) is 61.0 Å². The molecule has 1 saturated heterocycles. The summed E-state index contributed by atoms with van der Waals surface area (Å²) in [5.41, 5.74) is 5.67. The fraction of sp³-hybridized carbons (Fsp3) is 0.800. The Kier molecular flexibility index (Phi) is 3.33. The van der Waals surface area contributed by atoms with Crippen LogP contribution in [0, 0.1) is 0 Å². The lowest BCUT2D eigenvalue weighted by Gasteiger charge is -2.30. The van der Waals surface area contributed by atoms with Crippen LogP contribution in [0.25, 0.3) is 0 Å². The van der Waals surface area contributed by atoms with E-state index in [-0.39, 0.29) is 5.41 Å². The lowest BCUT2D eigenvalue weighted by atomic mass is 9.83. The zero-order valence-electron chi connectivity index (χ0n) is 9.03. The van der Waals surface area contributed by atoms with E-state index in [1.807, 2.05) is 0 Å². The van der Waals surface area contributed by atoms with E-state index < -0.39 is 0 Å². The van der Waals surface area contributed by atoms with Crippen molar-refractivity contribution in [2.24, 2.45) is 5.73 Å². The van der Waals surface area contributed by atoms with Gasteiger partial charge in [0.05, 0.1) is 0 Å². The van der Waals surface area contributed by atoms with E-state index in [1.165, 1.54) is 0 Å². The third-order valence-electron chi connectivity index (χ3n) is 2.94. The number of nitrogens with zero attached hydrogens (tertiary/aromatic N) is 2. The van der Waals surface area contributed by atoms with Crippen LogP contribution in [0.1, 0.15) is 29.8 Å². The van der Waals surface area contributed by atoms with Gasteiger partial charge in [-0.15, -0.1) is 21.5 Å². The van der Waals surface area contributed by atoms with Crippen molar-refractivity contribution in [2.45, 2.75) is 31.6 Å². The third kappa shape index (κ3) is 2.35. The molecule has 5 heteroatoms. The van der Waals surface area contributed by atoms with E-state index in [0.717, 1.165) is 42.5 Å². The molecule has 0 aliphatic carbocycles. The molecule has 0 radical (unpaired) electrons. The molecule has 2 rings (SSSR count). The molecule has 1 aromatic rings. The van der Waals surface area contributed by atoms with Crippen molar-refractivity contribution >= 4 is 11.3 Å². The average molecular weight is 227 g/mol. The molecule has 2 N–H and O–H groups in total. The summed E-state index contributed by atoms with van der Waals surface area (Å²) < 4.78 is 5.38. The van der Waals surface area contributed by atoms with Crippen molar-refractivity contribution < 1.29 is 4.74 Å². The molecule has 1 fully saturated rings. The predicted molar refractivity (Wildman–Crippen MR) is 60.1 cm³/mol. The van der Waals surface area contributed by atoms with Gasteiger partial charge < -0.3 is 10.5 Å². The van der Waals surface area contributed by atoms with Crippen molar-refractivity contribution in [3.05, 3.63) is 10.0 Å². The van der Waals surface area contributed by atoms with Gasteiger partial charge in [-0.1, -0.05) is 6.92 Å². The summed E-state index contributed by atoms with van der Waals surface area (Å²) in [6.07, 6.45) is 2.93.